The molecule has 0 aliphatic carbocycles. The standard InChI is InChI=1S/C25H28Cl2N2O5/c1-5-33-19-10-8-15(14-20(19)34-6-2)22-21(23(30)16-7-9-17(26)18(27)13-16)24(31)25(32)29(22)12-11-28(3)4/h7-10,13-14,22,30H,5-6,11-12H2,1-4H3/b23-21-. The number of Topliss-reactive ketones (excluding diaryl/α,β-unsaturated/α-hetero) is 1. The summed E-state index contributed by atoms with van der Waals surface area (Å²) >= 11 is 12.1. The first-order valence-electron chi connectivity index (χ1n) is 11.0. The van der Waals surface area contributed by atoms with Crippen LogP contribution >= 0.6 is 23.2 Å². The molecule has 34 heavy (non-hydrogen) atoms. The van der Waals surface area contributed by atoms with E-state index in [2.05, 4.69) is 0 Å². The molecule has 1 N–H and O–H groups in total. The van der Waals surface area contributed by atoms with Crippen LogP contribution < -0.4 is 9.47 Å². The minimum Gasteiger partial charge on any atom is -0.507 e. The third-order valence-corrected chi connectivity index (χ3v) is 6.14. The maximum atomic E-state index is 13.2. The second-order valence-corrected chi connectivity index (χ2v) is 8.81. The summed E-state index contributed by atoms with van der Waals surface area (Å²) in [6, 6.07) is 8.99. The van der Waals surface area contributed by atoms with Gasteiger partial charge >= 0.3 is 0 Å². The topological polar surface area (TPSA) is 79.3 Å². The molecule has 1 aliphatic heterocycles. The van der Waals surface area contributed by atoms with Crippen LogP contribution in [0.1, 0.15) is 31.0 Å². The van der Waals surface area contributed by atoms with E-state index in [1.165, 1.54) is 17.0 Å². The number of ether oxygens (including phenoxy) is 2. The molecule has 0 spiro atoms. The second kappa shape index (κ2) is 11.1. The van der Waals surface area contributed by atoms with Crippen LogP contribution in [0.25, 0.3) is 5.76 Å². The van der Waals surface area contributed by atoms with Crippen LogP contribution in [0.15, 0.2) is 42.0 Å². The van der Waals surface area contributed by atoms with Crippen LogP contribution in [0.5, 0.6) is 11.5 Å². The molecule has 1 aliphatic rings. The largest absolute Gasteiger partial charge is 0.507 e. The molecule has 1 unspecified atom stereocenters. The molecular formula is C25H28Cl2N2O5. The van der Waals surface area contributed by atoms with Crippen molar-refractivity contribution in [3.63, 3.8) is 0 Å². The summed E-state index contributed by atoms with van der Waals surface area (Å²) in [6.07, 6.45) is 0. The van der Waals surface area contributed by atoms with Crippen molar-refractivity contribution in [1.29, 1.82) is 0 Å². The van der Waals surface area contributed by atoms with Crippen molar-refractivity contribution in [3.8, 4) is 11.5 Å². The van der Waals surface area contributed by atoms with Gasteiger partial charge in [-0.05, 0) is 63.8 Å². The molecule has 0 radical (unpaired) electrons. The van der Waals surface area contributed by atoms with Crippen molar-refractivity contribution >= 4 is 40.7 Å². The van der Waals surface area contributed by atoms with E-state index in [-0.39, 0.29) is 22.9 Å². The van der Waals surface area contributed by atoms with Crippen molar-refractivity contribution < 1.29 is 24.2 Å². The monoisotopic (exact) mass is 506 g/mol. The summed E-state index contributed by atoms with van der Waals surface area (Å²) in [5.41, 5.74) is 0.890. The first-order valence-corrected chi connectivity index (χ1v) is 11.7. The number of aliphatic hydroxyl groups is 1. The zero-order chi connectivity index (χ0) is 25.0. The number of rotatable bonds is 9. The third kappa shape index (κ3) is 5.32. The van der Waals surface area contributed by atoms with E-state index in [9.17, 15) is 14.7 Å². The fourth-order valence-electron chi connectivity index (χ4n) is 3.80. The van der Waals surface area contributed by atoms with Crippen molar-refractivity contribution in [3.05, 3.63) is 63.1 Å². The van der Waals surface area contributed by atoms with Gasteiger partial charge < -0.3 is 24.4 Å². The predicted molar refractivity (Wildman–Crippen MR) is 133 cm³/mol. The van der Waals surface area contributed by atoms with Gasteiger partial charge in [0.25, 0.3) is 11.7 Å². The molecule has 2 aromatic carbocycles. The van der Waals surface area contributed by atoms with E-state index in [1.807, 2.05) is 32.8 Å². The molecule has 7 nitrogen and oxygen atoms in total. The minimum atomic E-state index is -0.815. The number of halogens is 2. The lowest BCUT2D eigenvalue weighted by Gasteiger charge is -2.27. The number of likely N-dealkylation sites (tertiary alicyclic amines) is 1. The molecule has 3 rings (SSSR count). The van der Waals surface area contributed by atoms with Crippen molar-refractivity contribution in [2.45, 2.75) is 19.9 Å². The Balaban J connectivity index is 2.19. The summed E-state index contributed by atoms with van der Waals surface area (Å²) in [6.45, 7) is 5.42. The molecule has 1 heterocycles. The second-order valence-electron chi connectivity index (χ2n) is 8.00. The number of benzene rings is 2. The molecule has 2 aromatic rings. The van der Waals surface area contributed by atoms with Crippen LogP contribution in [0.4, 0.5) is 0 Å². The summed E-state index contributed by atoms with van der Waals surface area (Å²) in [5, 5.41) is 11.7. The van der Waals surface area contributed by atoms with Crippen LogP contribution in [-0.4, -0.2) is 67.0 Å². The Kier molecular flexibility index (Phi) is 8.47. The molecule has 0 saturated carbocycles. The van der Waals surface area contributed by atoms with Gasteiger partial charge in [0, 0.05) is 18.7 Å². The Hall–Kier alpha value is -2.74. The number of ketones is 1. The van der Waals surface area contributed by atoms with Crippen LogP contribution in [0.3, 0.4) is 0 Å². The fourth-order valence-corrected chi connectivity index (χ4v) is 4.10. The van der Waals surface area contributed by atoms with E-state index in [0.717, 1.165) is 0 Å². The fraction of sp³-hybridized carbons (Fsp3) is 0.360. The van der Waals surface area contributed by atoms with Crippen molar-refractivity contribution in [2.24, 2.45) is 0 Å². The minimum absolute atomic E-state index is 0.0197. The highest BCUT2D eigenvalue weighted by Gasteiger charge is 2.46. The zero-order valence-corrected chi connectivity index (χ0v) is 21.1. The van der Waals surface area contributed by atoms with Gasteiger partial charge in [-0.2, -0.15) is 0 Å². The van der Waals surface area contributed by atoms with Gasteiger partial charge in [0.1, 0.15) is 5.76 Å². The lowest BCUT2D eigenvalue weighted by atomic mass is 9.95. The summed E-state index contributed by atoms with van der Waals surface area (Å²) in [7, 11) is 3.76. The first kappa shape index (κ1) is 25.9. The average molecular weight is 507 g/mol. The summed E-state index contributed by atoms with van der Waals surface area (Å²) < 4.78 is 11.4. The summed E-state index contributed by atoms with van der Waals surface area (Å²) in [4.78, 5) is 29.6. The van der Waals surface area contributed by atoms with Gasteiger partial charge in [0.15, 0.2) is 11.5 Å². The number of aliphatic hydroxyl groups excluding tert-OH is 1. The lowest BCUT2D eigenvalue weighted by Crippen LogP contribution is -2.35. The number of carbonyl (C=O) groups excluding carboxylic acids is 2. The molecule has 1 saturated heterocycles. The molecule has 0 aromatic heterocycles. The maximum Gasteiger partial charge on any atom is 0.295 e. The summed E-state index contributed by atoms with van der Waals surface area (Å²) in [5.74, 6) is -0.710. The Morgan fingerprint density at radius 3 is 2.29 bits per heavy atom. The number of likely N-dealkylation sites (N-methyl/N-ethyl adjacent to an activating group) is 1. The molecule has 182 valence electrons. The van der Waals surface area contributed by atoms with Gasteiger partial charge in [-0.25, -0.2) is 0 Å². The molecule has 1 fully saturated rings. The Morgan fingerprint density at radius 1 is 1.00 bits per heavy atom. The molecular weight excluding hydrogens is 479 g/mol. The molecule has 1 amide bonds. The van der Waals surface area contributed by atoms with Crippen molar-refractivity contribution in [2.75, 3.05) is 40.4 Å². The highest BCUT2D eigenvalue weighted by atomic mass is 35.5. The van der Waals surface area contributed by atoms with Gasteiger partial charge in [0.05, 0.1) is 34.9 Å². The van der Waals surface area contributed by atoms with E-state index in [1.54, 1.807) is 24.3 Å². The van der Waals surface area contributed by atoms with Crippen LogP contribution in [0, 0.1) is 0 Å². The van der Waals surface area contributed by atoms with E-state index in [4.69, 9.17) is 32.7 Å². The van der Waals surface area contributed by atoms with E-state index >= 15 is 0 Å². The SMILES string of the molecule is CCOc1ccc(C2/C(=C(/O)c3ccc(Cl)c(Cl)c3)C(=O)C(=O)N2CCN(C)C)cc1OCC. The molecule has 0 bridgehead atoms. The van der Waals surface area contributed by atoms with E-state index in [0.29, 0.717) is 47.4 Å². The maximum absolute atomic E-state index is 13.2. The van der Waals surface area contributed by atoms with Gasteiger partial charge in [-0.1, -0.05) is 29.3 Å². The van der Waals surface area contributed by atoms with Gasteiger partial charge in [0.2, 0.25) is 0 Å². The smallest absolute Gasteiger partial charge is 0.295 e. The Morgan fingerprint density at radius 2 is 1.68 bits per heavy atom. The highest BCUT2D eigenvalue weighted by molar-refractivity contribution is 6.46. The molecule has 1 atom stereocenters. The molecule has 9 heteroatoms. The normalized spacial score (nSPS) is 17.5. The van der Waals surface area contributed by atoms with Gasteiger partial charge in [-0.15, -0.1) is 0 Å². The number of amides is 1. The number of hydrogen-bond donors (Lipinski definition) is 1. The zero-order valence-electron chi connectivity index (χ0n) is 19.6. The number of nitrogens with zero attached hydrogens (tertiary/aromatic N) is 2. The van der Waals surface area contributed by atoms with Crippen molar-refractivity contribution in [1.82, 2.24) is 9.80 Å². The average Bonchev–Trinajstić information content (AvgIpc) is 3.05. The van der Waals surface area contributed by atoms with E-state index < -0.39 is 17.7 Å². The van der Waals surface area contributed by atoms with Crippen LogP contribution in [-0.2, 0) is 9.59 Å². The first-order chi connectivity index (χ1) is 16.2. The third-order valence-electron chi connectivity index (χ3n) is 5.40. The Labute approximate surface area is 209 Å². The van der Waals surface area contributed by atoms with Gasteiger partial charge in [-0.3, -0.25) is 9.59 Å². The number of hydrogen-bond acceptors (Lipinski definition) is 6. The quantitative estimate of drug-likeness (QED) is 0.299. The number of carbonyl (C=O) groups is 2. The van der Waals surface area contributed by atoms with Crippen LogP contribution in [0.2, 0.25) is 10.0 Å². The Bertz CT molecular complexity index is 1120. The lowest BCUT2D eigenvalue weighted by molar-refractivity contribution is -0.140. The highest BCUT2D eigenvalue weighted by Crippen LogP contribution is 2.42. The predicted octanol–water partition coefficient (Wildman–Crippen LogP) is 4.77.